The van der Waals surface area contributed by atoms with Gasteiger partial charge in [0.05, 0.1) is 37.1 Å². The molecular weight excluding hydrogens is 869 g/mol. The van der Waals surface area contributed by atoms with Crippen LogP contribution in [0.4, 0.5) is 0 Å². The predicted molar refractivity (Wildman–Crippen MR) is 280 cm³/mol. The van der Waals surface area contributed by atoms with Crippen molar-refractivity contribution in [2.45, 2.75) is 202 Å². The van der Waals surface area contributed by atoms with Crippen LogP contribution in [0.2, 0.25) is 0 Å². The predicted octanol–water partition coefficient (Wildman–Crippen LogP) is 10.2. The van der Waals surface area contributed by atoms with Gasteiger partial charge in [-0.2, -0.15) is 0 Å². The smallest absolute Gasteiger partial charge is 0.261 e. The van der Waals surface area contributed by atoms with E-state index in [9.17, 15) is 38.4 Å². The Bertz CT molecular complexity index is 1580. The molecule has 68 heavy (non-hydrogen) atoms. The molecule has 0 radical (unpaired) electrons. The number of ether oxygens (including phenoxy) is 2. The summed E-state index contributed by atoms with van der Waals surface area (Å²) >= 11 is 0. The van der Waals surface area contributed by atoms with Crippen LogP contribution in [-0.2, 0) is 38.2 Å². The van der Waals surface area contributed by atoms with E-state index in [4.69, 9.17) is 9.47 Å². The number of amidine groups is 1. The third-order valence-electron chi connectivity index (χ3n) is 9.53. The van der Waals surface area contributed by atoms with E-state index >= 15 is 0 Å². The fraction of sp³-hybridized carbons (Fsp3) is 0.673. The summed E-state index contributed by atoms with van der Waals surface area (Å²) in [6.45, 7) is 18.6. The summed E-state index contributed by atoms with van der Waals surface area (Å²) in [4.78, 5) is 95.4. The highest BCUT2D eigenvalue weighted by atomic mass is 16.7. The van der Waals surface area contributed by atoms with Crippen LogP contribution in [0.1, 0.15) is 205 Å². The number of hydrogen-bond acceptors (Lipinski definition) is 12. The molecule has 7 amide bonds. The van der Waals surface area contributed by atoms with Gasteiger partial charge in [0.15, 0.2) is 17.9 Å². The van der Waals surface area contributed by atoms with Gasteiger partial charge >= 0.3 is 0 Å². The second kappa shape index (κ2) is 44.6. The van der Waals surface area contributed by atoms with E-state index in [1.165, 1.54) is 77.5 Å². The maximum Gasteiger partial charge on any atom is 0.261 e. The third-order valence-corrected chi connectivity index (χ3v) is 9.53. The van der Waals surface area contributed by atoms with Crippen molar-refractivity contribution in [3.63, 3.8) is 0 Å². The average Bonchev–Trinajstić information content (AvgIpc) is 4.06. The number of fused-ring (bicyclic) bond motifs is 1. The highest BCUT2D eigenvalue weighted by molar-refractivity contribution is 6.38. The van der Waals surface area contributed by atoms with Crippen molar-refractivity contribution in [1.82, 2.24) is 25.3 Å². The van der Waals surface area contributed by atoms with Gasteiger partial charge in [0.2, 0.25) is 17.7 Å². The molecule has 16 nitrogen and oxygen atoms in total. The summed E-state index contributed by atoms with van der Waals surface area (Å²) < 4.78 is 9.86. The molecule has 0 spiro atoms. The molecule has 1 aromatic rings. The SMILES string of the molecule is C.C.C.C.C.C.CC.CC.CC.CC(=O)C(=NC1CCCCC1)NC1CCCCC1.CC(=O)N1C(=O)CCC1=O.CC1OCCO1.CN1C(=O)c2ccccc2C1=O.CNCN1C(=O)C=CC1=O. The topological polar surface area (TPSA) is 201 Å². The zero-order valence-electron chi connectivity index (χ0n) is 39.2. The number of ketones is 1. The van der Waals surface area contributed by atoms with Crippen LogP contribution in [0, 0.1) is 0 Å². The lowest BCUT2D eigenvalue weighted by atomic mass is 9.95. The number of amides is 7. The van der Waals surface area contributed by atoms with Crippen LogP contribution >= 0.6 is 0 Å². The summed E-state index contributed by atoms with van der Waals surface area (Å²) in [6, 6.07) is 7.70. The molecule has 4 fully saturated rings. The molecule has 2 saturated carbocycles. The highest BCUT2D eigenvalue weighted by Gasteiger charge is 2.32. The average molecular weight is 967 g/mol. The normalized spacial score (nSPS) is 16.8. The maximum absolute atomic E-state index is 11.7. The summed E-state index contributed by atoms with van der Waals surface area (Å²) in [6.07, 6.45) is 15.4. The molecule has 2 aliphatic carbocycles. The first-order valence-corrected chi connectivity index (χ1v) is 22.3. The minimum atomic E-state index is -0.479. The summed E-state index contributed by atoms with van der Waals surface area (Å²) in [5.74, 6) is -1.41. The fourth-order valence-electron chi connectivity index (χ4n) is 6.52. The lowest BCUT2D eigenvalue weighted by Crippen LogP contribution is -2.40. The minimum Gasteiger partial charge on any atom is -0.365 e. The number of carbonyl (C=O) groups excluding carboxylic acids is 8. The Morgan fingerprint density at radius 2 is 1.06 bits per heavy atom. The van der Waals surface area contributed by atoms with Gasteiger partial charge in [-0.1, -0.05) is 137 Å². The van der Waals surface area contributed by atoms with Crippen LogP contribution in [0.25, 0.3) is 0 Å². The number of carbonyl (C=O) groups is 8. The van der Waals surface area contributed by atoms with E-state index in [1.54, 1.807) is 38.2 Å². The lowest BCUT2D eigenvalue weighted by Gasteiger charge is -2.25. The molecule has 0 atom stereocenters. The zero-order chi connectivity index (χ0) is 47.2. The number of Topliss-reactive ketones (excluding diaryl/α,β-unsaturated/α-hetero) is 1. The second-order valence-electron chi connectivity index (χ2n) is 13.9. The highest BCUT2D eigenvalue weighted by Crippen LogP contribution is 2.22. The number of hydrogen-bond donors (Lipinski definition) is 2. The number of imide groups is 5. The van der Waals surface area contributed by atoms with E-state index in [-0.39, 0.29) is 112 Å². The van der Waals surface area contributed by atoms with Crippen LogP contribution in [0.15, 0.2) is 41.4 Å². The van der Waals surface area contributed by atoms with E-state index in [1.807, 2.05) is 48.5 Å². The molecule has 2 N–H and O–H groups in total. The first-order valence-electron chi connectivity index (χ1n) is 22.3. The molecule has 4 heterocycles. The van der Waals surface area contributed by atoms with Gasteiger partial charge in [0, 0.05) is 51.9 Å². The first-order chi connectivity index (χ1) is 29.7. The van der Waals surface area contributed by atoms with Crippen molar-refractivity contribution in [2.75, 3.05) is 34.0 Å². The molecule has 2 saturated heterocycles. The maximum atomic E-state index is 11.7. The molecular formula is C52H98N6O10. The second-order valence-corrected chi connectivity index (χ2v) is 13.9. The number of rotatable bonds is 5. The Balaban J connectivity index is -0.000000134. The summed E-state index contributed by atoms with van der Waals surface area (Å²) in [5, 5.41) is 6.12. The third kappa shape index (κ3) is 27.2. The molecule has 7 rings (SSSR count). The molecule has 16 heteroatoms. The van der Waals surface area contributed by atoms with Gasteiger partial charge in [-0.25, -0.2) is 4.90 Å². The van der Waals surface area contributed by atoms with Crippen molar-refractivity contribution in [2.24, 2.45) is 4.99 Å². The van der Waals surface area contributed by atoms with Crippen molar-refractivity contribution in [1.29, 1.82) is 0 Å². The molecule has 396 valence electrons. The van der Waals surface area contributed by atoms with Crippen molar-refractivity contribution in [3.05, 3.63) is 47.5 Å². The van der Waals surface area contributed by atoms with Crippen LogP contribution in [0.5, 0.6) is 0 Å². The zero-order valence-corrected chi connectivity index (χ0v) is 39.2. The number of likely N-dealkylation sites (tertiary alicyclic amines) is 1. The number of benzene rings is 1. The summed E-state index contributed by atoms with van der Waals surface area (Å²) in [5.41, 5.74) is 1.01. The Morgan fingerprint density at radius 3 is 1.38 bits per heavy atom. The van der Waals surface area contributed by atoms with Gasteiger partial charge in [-0.3, -0.25) is 53.1 Å². The van der Waals surface area contributed by atoms with Gasteiger partial charge in [-0.05, 0) is 51.8 Å². The monoisotopic (exact) mass is 967 g/mol. The molecule has 0 unspecified atom stereocenters. The van der Waals surface area contributed by atoms with E-state index in [2.05, 4.69) is 15.6 Å². The first kappa shape index (κ1) is 77.3. The molecule has 1 aromatic carbocycles. The Labute approximate surface area is 413 Å². The van der Waals surface area contributed by atoms with Gasteiger partial charge in [0.1, 0.15) is 0 Å². The minimum absolute atomic E-state index is 0. The quantitative estimate of drug-likeness (QED) is 0.161. The van der Waals surface area contributed by atoms with Crippen molar-refractivity contribution in [3.8, 4) is 0 Å². The van der Waals surface area contributed by atoms with Crippen LogP contribution in [0.3, 0.4) is 0 Å². The standard InChI is InChI=1S/C15H26N2O.C9H7NO2.C6H8N2O2.C6H7NO3.C4H8O2.3C2H6.6CH4/c1-12(18)15(16-13-8-4-2-5-9-13)17-14-10-6-3-7-11-14;1-10-8(11)6-4-2-3-5-7(6)9(10)12;1-7-4-8-5(9)2-3-6(8)10;1-4(8)7-5(9)2-3-6(7)10;1-4-5-2-3-6-4;3*1-2;;;;;;/h13-14H,2-11H2,1H3,(H,16,17);2-5H,1H3;2-3,7H,4H2,1H3;2-3H2,1H3;4H,2-3H2,1H3;3*1-2H3;6*1H4. The van der Waals surface area contributed by atoms with E-state index < -0.39 is 5.91 Å². The van der Waals surface area contributed by atoms with Gasteiger partial charge in [0.25, 0.3) is 23.6 Å². The number of nitrogens with zero attached hydrogens (tertiary/aromatic N) is 4. The number of nitrogens with one attached hydrogen (secondary N) is 2. The number of aliphatic imine (C=N–C) groups is 1. The molecule has 6 aliphatic rings. The lowest BCUT2D eigenvalue weighted by molar-refractivity contribution is -0.148. The van der Waals surface area contributed by atoms with Crippen molar-refractivity contribution < 1.29 is 47.8 Å². The largest absolute Gasteiger partial charge is 0.365 e. The molecule has 0 aromatic heterocycles. The van der Waals surface area contributed by atoms with Gasteiger partial charge < -0.3 is 20.1 Å². The molecule has 0 bridgehead atoms. The van der Waals surface area contributed by atoms with E-state index in [0.29, 0.717) is 33.9 Å². The van der Waals surface area contributed by atoms with Crippen LogP contribution < -0.4 is 10.6 Å². The van der Waals surface area contributed by atoms with E-state index in [0.717, 1.165) is 35.9 Å². The van der Waals surface area contributed by atoms with Crippen LogP contribution in [-0.4, -0.2) is 120 Å². The molecule has 4 aliphatic heterocycles. The fourth-order valence-corrected chi connectivity index (χ4v) is 6.52. The Hall–Kier alpha value is -4.93. The Kier molecular flexibility index (Phi) is 50.7. The Morgan fingerprint density at radius 1 is 0.662 bits per heavy atom. The van der Waals surface area contributed by atoms with Gasteiger partial charge in [-0.15, -0.1) is 0 Å². The van der Waals surface area contributed by atoms with Crippen molar-refractivity contribution >= 4 is 53.0 Å². The summed E-state index contributed by atoms with van der Waals surface area (Å²) in [7, 11) is 3.17.